The fourth-order valence-electron chi connectivity index (χ4n) is 2.40. The van der Waals surface area contributed by atoms with E-state index in [1.807, 2.05) is 6.07 Å². The lowest BCUT2D eigenvalue weighted by Gasteiger charge is -2.22. The zero-order chi connectivity index (χ0) is 13.2. The van der Waals surface area contributed by atoms with Gasteiger partial charge in [0, 0.05) is 6.26 Å². The van der Waals surface area contributed by atoms with E-state index in [1.54, 1.807) is 12.1 Å². The van der Waals surface area contributed by atoms with Crippen molar-refractivity contribution in [1.82, 2.24) is 5.32 Å². The molecule has 0 amide bonds. The fourth-order valence-corrected chi connectivity index (χ4v) is 3.76. The molecule has 0 bridgehead atoms. The predicted octanol–water partition coefficient (Wildman–Crippen LogP) is 2.29. The van der Waals surface area contributed by atoms with Crippen molar-refractivity contribution in [3.05, 3.63) is 28.8 Å². The molecule has 3 nitrogen and oxygen atoms in total. The van der Waals surface area contributed by atoms with Gasteiger partial charge in [-0.1, -0.05) is 17.7 Å². The second kappa shape index (κ2) is 5.59. The van der Waals surface area contributed by atoms with Crippen LogP contribution in [-0.4, -0.2) is 27.8 Å². The van der Waals surface area contributed by atoms with Gasteiger partial charge in [0.25, 0.3) is 0 Å². The first kappa shape index (κ1) is 13.8. The number of hydrogen-bond donors (Lipinski definition) is 1. The van der Waals surface area contributed by atoms with Gasteiger partial charge in [0.15, 0.2) is 9.84 Å². The molecule has 0 saturated carbocycles. The van der Waals surface area contributed by atoms with Gasteiger partial charge in [-0.25, -0.2) is 8.42 Å². The highest BCUT2D eigenvalue weighted by Gasteiger charge is 2.16. The highest BCUT2D eigenvalue weighted by molar-refractivity contribution is 7.90. The van der Waals surface area contributed by atoms with Crippen LogP contribution in [0.3, 0.4) is 0 Å². The fraction of sp³-hybridized carbons (Fsp3) is 0.538. The highest BCUT2D eigenvalue weighted by atomic mass is 35.5. The largest absolute Gasteiger partial charge is 0.316 e. The summed E-state index contributed by atoms with van der Waals surface area (Å²) in [6, 6.07) is 5.27. The van der Waals surface area contributed by atoms with Gasteiger partial charge in [0.05, 0.1) is 9.92 Å². The molecule has 1 aliphatic heterocycles. The standard InChI is InChI=1S/C13H18ClNO2S/c1-18(16,17)13-5-4-10(8-12(13)14)7-11-3-2-6-15-9-11/h4-5,8,11,15H,2-3,6-7,9H2,1H3. The Kier molecular flexibility index (Phi) is 4.30. The van der Waals surface area contributed by atoms with Crippen LogP contribution in [0.25, 0.3) is 0 Å². The monoisotopic (exact) mass is 287 g/mol. The lowest BCUT2D eigenvalue weighted by molar-refractivity contribution is 0.376. The number of hydrogen-bond acceptors (Lipinski definition) is 3. The third-order valence-electron chi connectivity index (χ3n) is 3.32. The van der Waals surface area contributed by atoms with E-state index in [9.17, 15) is 8.42 Å². The van der Waals surface area contributed by atoms with Crippen LogP contribution in [0.4, 0.5) is 0 Å². The van der Waals surface area contributed by atoms with Gasteiger partial charge in [-0.15, -0.1) is 0 Å². The van der Waals surface area contributed by atoms with Crippen molar-refractivity contribution in [2.75, 3.05) is 19.3 Å². The molecule has 5 heteroatoms. The molecule has 1 saturated heterocycles. The van der Waals surface area contributed by atoms with Crippen molar-refractivity contribution in [1.29, 1.82) is 0 Å². The van der Waals surface area contributed by atoms with Crippen molar-refractivity contribution in [2.24, 2.45) is 5.92 Å². The Morgan fingerprint density at radius 1 is 1.44 bits per heavy atom. The first-order chi connectivity index (χ1) is 8.47. The van der Waals surface area contributed by atoms with Crippen LogP contribution >= 0.6 is 11.6 Å². The van der Waals surface area contributed by atoms with Gasteiger partial charge in [-0.2, -0.15) is 0 Å². The predicted molar refractivity (Wildman–Crippen MR) is 73.9 cm³/mol. The second-order valence-electron chi connectivity index (χ2n) is 4.95. The number of benzene rings is 1. The molecular weight excluding hydrogens is 270 g/mol. The van der Waals surface area contributed by atoms with Gasteiger partial charge in [0.2, 0.25) is 0 Å². The summed E-state index contributed by atoms with van der Waals surface area (Å²) in [6.07, 6.45) is 4.56. The van der Waals surface area contributed by atoms with Gasteiger partial charge < -0.3 is 5.32 Å². The highest BCUT2D eigenvalue weighted by Crippen LogP contribution is 2.25. The lowest BCUT2D eigenvalue weighted by Crippen LogP contribution is -2.30. The van der Waals surface area contributed by atoms with Crippen LogP contribution in [0.1, 0.15) is 18.4 Å². The zero-order valence-corrected chi connectivity index (χ0v) is 12.0. The molecule has 1 aromatic carbocycles. The molecule has 1 aromatic rings. The van der Waals surface area contributed by atoms with Crippen molar-refractivity contribution >= 4 is 21.4 Å². The van der Waals surface area contributed by atoms with Crippen LogP contribution in [0.5, 0.6) is 0 Å². The average molecular weight is 288 g/mol. The van der Waals surface area contributed by atoms with E-state index < -0.39 is 9.84 Å². The molecule has 0 aliphatic carbocycles. The SMILES string of the molecule is CS(=O)(=O)c1ccc(CC2CCCNC2)cc1Cl. The van der Waals surface area contributed by atoms with Crippen molar-refractivity contribution < 1.29 is 8.42 Å². The van der Waals surface area contributed by atoms with E-state index >= 15 is 0 Å². The average Bonchev–Trinajstić information content (AvgIpc) is 2.28. The van der Waals surface area contributed by atoms with Crippen LogP contribution in [0.2, 0.25) is 5.02 Å². The van der Waals surface area contributed by atoms with Crippen molar-refractivity contribution in [3.8, 4) is 0 Å². The van der Waals surface area contributed by atoms with Gasteiger partial charge >= 0.3 is 0 Å². The first-order valence-corrected chi connectivity index (χ1v) is 8.43. The molecule has 0 radical (unpaired) electrons. The minimum Gasteiger partial charge on any atom is -0.316 e. The Hall–Kier alpha value is -0.580. The third-order valence-corrected chi connectivity index (χ3v) is 4.90. The topological polar surface area (TPSA) is 46.2 Å². The lowest BCUT2D eigenvalue weighted by atomic mass is 9.92. The number of halogens is 1. The molecule has 1 unspecified atom stereocenters. The van der Waals surface area contributed by atoms with Gasteiger partial charge in [-0.05, 0) is 56.0 Å². The molecule has 1 fully saturated rings. The molecule has 0 aromatic heterocycles. The summed E-state index contributed by atoms with van der Waals surface area (Å²) in [7, 11) is -3.23. The summed E-state index contributed by atoms with van der Waals surface area (Å²) in [4.78, 5) is 0.217. The third kappa shape index (κ3) is 3.46. The Bertz CT molecular complexity index is 522. The number of piperidine rings is 1. The zero-order valence-electron chi connectivity index (χ0n) is 10.4. The Balaban J connectivity index is 2.13. The first-order valence-electron chi connectivity index (χ1n) is 6.16. The molecular formula is C13H18ClNO2S. The summed E-state index contributed by atoms with van der Waals surface area (Å²) in [5.74, 6) is 0.624. The molecule has 100 valence electrons. The molecule has 2 rings (SSSR count). The van der Waals surface area contributed by atoms with Crippen molar-refractivity contribution in [3.63, 3.8) is 0 Å². The van der Waals surface area contributed by atoms with E-state index in [-0.39, 0.29) is 4.90 Å². The van der Waals surface area contributed by atoms with Crippen LogP contribution in [0.15, 0.2) is 23.1 Å². The van der Waals surface area contributed by atoms with E-state index in [0.29, 0.717) is 10.9 Å². The molecule has 1 N–H and O–H groups in total. The maximum absolute atomic E-state index is 11.5. The number of sulfone groups is 1. The maximum Gasteiger partial charge on any atom is 0.176 e. The van der Waals surface area contributed by atoms with E-state index in [1.165, 1.54) is 19.1 Å². The van der Waals surface area contributed by atoms with Crippen LogP contribution in [-0.2, 0) is 16.3 Å². The van der Waals surface area contributed by atoms with E-state index in [2.05, 4.69) is 5.32 Å². The molecule has 18 heavy (non-hydrogen) atoms. The normalized spacial score (nSPS) is 20.9. The summed E-state index contributed by atoms with van der Waals surface area (Å²) in [6.45, 7) is 2.13. The van der Waals surface area contributed by atoms with Gasteiger partial charge in [0.1, 0.15) is 0 Å². The quantitative estimate of drug-likeness (QED) is 0.928. The summed E-state index contributed by atoms with van der Waals surface area (Å²) in [5, 5.41) is 3.71. The van der Waals surface area contributed by atoms with Crippen LogP contribution < -0.4 is 5.32 Å². The van der Waals surface area contributed by atoms with E-state index in [4.69, 9.17) is 11.6 Å². The Morgan fingerprint density at radius 2 is 2.22 bits per heavy atom. The minimum absolute atomic E-state index is 0.217. The van der Waals surface area contributed by atoms with Crippen molar-refractivity contribution in [2.45, 2.75) is 24.2 Å². The minimum atomic E-state index is -3.23. The molecule has 1 heterocycles. The molecule has 1 aliphatic rings. The second-order valence-corrected chi connectivity index (χ2v) is 7.34. The Labute approximate surface area is 113 Å². The molecule has 1 atom stereocenters. The number of nitrogens with one attached hydrogen (secondary N) is 1. The summed E-state index contributed by atoms with van der Waals surface area (Å²) < 4.78 is 22.9. The number of rotatable bonds is 3. The van der Waals surface area contributed by atoms with Gasteiger partial charge in [-0.3, -0.25) is 0 Å². The van der Waals surface area contributed by atoms with E-state index in [0.717, 1.165) is 25.1 Å². The van der Waals surface area contributed by atoms with Crippen LogP contribution in [0, 0.1) is 5.92 Å². The maximum atomic E-state index is 11.5. The summed E-state index contributed by atoms with van der Waals surface area (Å²) >= 11 is 6.04. The summed E-state index contributed by atoms with van der Waals surface area (Å²) in [5.41, 5.74) is 1.11. The Morgan fingerprint density at radius 3 is 2.78 bits per heavy atom. The molecule has 0 spiro atoms. The smallest absolute Gasteiger partial charge is 0.176 e.